The van der Waals surface area contributed by atoms with E-state index < -0.39 is 22.8 Å². The number of nitrogens with zero attached hydrogens (tertiary/aromatic N) is 5. The van der Waals surface area contributed by atoms with Crippen LogP contribution in [0.5, 0.6) is 5.88 Å². The van der Waals surface area contributed by atoms with Crippen LogP contribution < -0.4 is 21.8 Å². The summed E-state index contributed by atoms with van der Waals surface area (Å²) >= 11 is 7.83. The molecule has 4 N–H and O–H groups in total. The number of anilines is 1. The van der Waals surface area contributed by atoms with Crippen molar-refractivity contribution in [2.24, 2.45) is 11.1 Å². The van der Waals surface area contributed by atoms with Gasteiger partial charge >= 0.3 is 0 Å². The van der Waals surface area contributed by atoms with Gasteiger partial charge in [-0.25, -0.2) is 4.98 Å². The van der Waals surface area contributed by atoms with E-state index >= 15 is 0 Å². The average Bonchev–Trinajstić information content (AvgIpc) is 2.92. The van der Waals surface area contributed by atoms with Crippen LogP contribution in [0.2, 0.25) is 5.02 Å². The summed E-state index contributed by atoms with van der Waals surface area (Å²) < 4.78 is 1.14. The number of halogens is 1. The summed E-state index contributed by atoms with van der Waals surface area (Å²) in [5.74, 6) is -0.925. The molecule has 0 unspecified atom stereocenters. The Morgan fingerprint density at radius 2 is 2.03 bits per heavy atom. The van der Waals surface area contributed by atoms with Crippen LogP contribution >= 0.6 is 23.4 Å². The Morgan fingerprint density at radius 1 is 1.26 bits per heavy atom. The number of aromatic nitrogens is 5. The number of hydrogen-bond acceptors (Lipinski definition) is 10. The lowest BCUT2D eigenvalue weighted by Crippen LogP contribution is -2.44. The third-order valence-electron chi connectivity index (χ3n) is 7.02. The lowest BCUT2D eigenvalue weighted by Gasteiger charge is -2.38. The molecule has 0 saturated carbocycles. The molecule has 11 nitrogen and oxygen atoms in total. The first-order chi connectivity index (χ1) is 18.7. The molecular weight excluding hydrogens is 542 g/mol. The van der Waals surface area contributed by atoms with Crippen molar-refractivity contribution in [3.63, 3.8) is 0 Å². The minimum absolute atomic E-state index is 0.0807. The summed E-state index contributed by atoms with van der Waals surface area (Å²) in [5.41, 5.74) is 5.12. The Labute approximate surface area is 232 Å². The molecule has 5 rings (SSSR count). The molecule has 1 aliphatic heterocycles. The molecule has 1 fully saturated rings. The van der Waals surface area contributed by atoms with Crippen LogP contribution in [0.25, 0.3) is 5.65 Å². The second-order valence-corrected chi connectivity index (χ2v) is 11.2. The zero-order chi connectivity index (χ0) is 27.7. The number of Topliss-reactive ketones (excluding diaryl/α,β-unsaturated/α-hetero) is 1. The molecule has 1 aromatic carbocycles. The van der Waals surface area contributed by atoms with Gasteiger partial charge in [0.1, 0.15) is 5.56 Å². The Bertz CT molecular complexity index is 1680. The molecule has 1 saturated heterocycles. The van der Waals surface area contributed by atoms with E-state index in [1.807, 2.05) is 4.90 Å². The zero-order valence-electron chi connectivity index (χ0n) is 21.1. The molecule has 1 aliphatic rings. The van der Waals surface area contributed by atoms with Crippen LogP contribution in [-0.2, 0) is 6.42 Å². The maximum Gasteiger partial charge on any atom is 0.291 e. The van der Waals surface area contributed by atoms with Crippen LogP contribution in [0.1, 0.15) is 35.7 Å². The minimum Gasteiger partial charge on any atom is -0.493 e. The first kappa shape index (κ1) is 26.9. The molecule has 202 valence electrons. The molecule has 4 heterocycles. The summed E-state index contributed by atoms with van der Waals surface area (Å²) in [7, 11) is 0. The minimum atomic E-state index is -0.698. The molecule has 0 radical (unpaired) electrons. The normalized spacial score (nSPS) is 15.0. The van der Waals surface area contributed by atoms with Crippen molar-refractivity contribution in [3.8, 4) is 5.88 Å². The van der Waals surface area contributed by atoms with Crippen molar-refractivity contribution < 1.29 is 9.90 Å². The van der Waals surface area contributed by atoms with Crippen LogP contribution in [-0.4, -0.2) is 54.9 Å². The van der Waals surface area contributed by atoms with Crippen LogP contribution in [0.3, 0.4) is 0 Å². The van der Waals surface area contributed by atoms with E-state index in [1.165, 1.54) is 30.4 Å². The van der Waals surface area contributed by atoms with Gasteiger partial charge in [0.2, 0.25) is 5.88 Å². The Hall–Kier alpha value is -3.74. The Balaban J connectivity index is 1.34. The second kappa shape index (κ2) is 10.8. The molecule has 0 spiro atoms. The highest BCUT2D eigenvalue weighted by Crippen LogP contribution is 2.35. The third-order valence-corrected chi connectivity index (χ3v) is 8.56. The highest BCUT2D eigenvalue weighted by Gasteiger charge is 2.30. The molecule has 0 aliphatic carbocycles. The summed E-state index contributed by atoms with van der Waals surface area (Å²) in [4.78, 5) is 56.3. The predicted molar refractivity (Wildman–Crippen MR) is 148 cm³/mol. The van der Waals surface area contributed by atoms with Crippen molar-refractivity contribution in [2.45, 2.75) is 36.1 Å². The maximum atomic E-state index is 13.0. The van der Waals surface area contributed by atoms with E-state index in [0.29, 0.717) is 40.9 Å². The van der Waals surface area contributed by atoms with Gasteiger partial charge in [-0.15, -0.1) is 0 Å². The summed E-state index contributed by atoms with van der Waals surface area (Å²) in [6.07, 6.45) is 7.18. The van der Waals surface area contributed by atoms with E-state index in [2.05, 4.69) is 26.9 Å². The number of nitrogens with one attached hydrogen (secondary N) is 1. The fourth-order valence-corrected chi connectivity index (χ4v) is 5.66. The van der Waals surface area contributed by atoms with Crippen molar-refractivity contribution in [1.82, 2.24) is 24.3 Å². The fourth-order valence-electron chi connectivity index (χ4n) is 4.50. The van der Waals surface area contributed by atoms with Crippen LogP contribution in [0.15, 0.2) is 62.5 Å². The molecule has 4 aromatic rings. The standard InChI is InChI=1S/C26H26ClN7O4S/c1-26(14-28)5-8-33(9-6-26)22-24(37)32-19(13-30-22)39-17-4-2-3-15(21(17)27)11-16(35)20-23(36)31-18-12-29-7-10-34(18)25(20)38/h2-4,7,10,12-13,36H,5-6,8-9,11,14,28H2,1H3,(H,32,37). The Kier molecular flexibility index (Phi) is 7.43. The summed E-state index contributed by atoms with van der Waals surface area (Å²) in [6, 6.07) is 5.13. The number of rotatable bonds is 7. The largest absolute Gasteiger partial charge is 0.493 e. The predicted octanol–water partition coefficient (Wildman–Crippen LogP) is 2.67. The van der Waals surface area contributed by atoms with Gasteiger partial charge in [-0.2, -0.15) is 4.98 Å². The lowest BCUT2D eigenvalue weighted by molar-refractivity contribution is 0.0988. The molecule has 3 aromatic heterocycles. The number of carbonyl (C=O) groups excluding carboxylic acids is 1. The van der Waals surface area contributed by atoms with Crippen LogP contribution in [0, 0.1) is 5.41 Å². The number of benzene rings is 1. The molecule has 13 heteroatoms. The van der Waals surface area contributed by atoms with E-state index in [-0.39, 0.29) is 28.1 Å². The van der Waals surface area contributed by atoms with Gasteiger partial charge < -0.3 is 20.7 Å². The highest BCUT2D eigenvalue weighted by atomic mass is 35.5. The van der Waals surface area contributed by atoms with Crippen molar-refractivity contribution >= 4 is 40.6 Å². The number of fused-ring (bicyclic) bond motifs is 1. The molecule has 0 atom stereocenters. The van der Waals surface area contributed by atoms with Gasteiger partial charge in [0.15, 0.2) is 17.2 Å². The monoisotopic (exact) mass is 567 g/mol. The van der Waals surface area contributed by atoms with Gasteiger partial charge in [-0.3, -0.25) is 23.8 Å². The first-order valence-electron chi connectivity index (χ1n) is 12.3. The smallest absolute Gasteiger partial charge is 0.291 e. The second-order valence-electron chi connectivity index (χ2n) is 9.75. The first-order valence-corrected chi connectivity index (χ1v) is 13.5. The van der Waals surface area contributed by atoms with Gasteiger partial charge in [0.25, 0.3) is 11.1 Å². The number of nitrogens with two attached hydrogens (primary N) is 1. The van der Waals surface area contributed by atoms with E-state index in [4.69, 9.17) is 17.3 Å². The topological polar surface area (TPSA) is 160 Å². The SMILES string of the molecule is CC1(CN)CCN(c2ncc(Sc3cccc(CC(=O)c4c(O)nc5cnccn5c4=O)c3Cl)[nH]c2=O)CC1. The summed E-state index contributed by atoms with van der Waals surface area (Å²) in [5, 5.41) is 11.1. The fraction of sp³-hybridized carbons (Fsp3) is 0.308. The zero-order valence-corrected chi connectivity index (χ0v) is 22.6. The number of hydrogen-bond donors (Lipinski definition) is 3. The van der Waals surface area contributed by atoms with Gasteiger partial charge in [0.05, 0.1) is 22.4 Å². The quantitative estimate of drug-likeness (QED) is 0.283. The number of carbonyl (C=O) groups is 1. The van der Waals surface area contributed by atoms with Crippen molar-refractivity contribution in [3.05, 3.63) is 79.8 Å². The molecular formula is C26H26ClN7O4S. The van der Waals surface area contributed by atoms with Crippen LogP contribution in [0.4, 0.5) is 5.82 Å². The molecule has 0 bridgehead atoms. The maximum absolute atomic E-state index is 13.0. The number of aromatic amines is 1. The van der Waals surface area contributed by atoms with Gasteiger partial charge in [-0.1, -0.05) is 42.4 Å². The van der Waals surface area contributed by atoms with Gasteiger partial charge in [-0.05, 0) is 36.4 Å². The number of aromatic hydroxyl groups is 1. The summed E-state index contributed by atoms with van der Waals surface area (Å²) in [6.45, 7) is 4.19. The van der Waals surface area contributed by atoms with E-state index in [9.17, 15) is 19.5 Å². The lowest BCUT2D eigenvalue weighted by atomic mass is 9.80. The molecule has 0 amide bonds. The van der Waals surface area contributed by atoms with Gasteiger partial charge in [0, 0.05) is 36.8 Å². The molecule has 39 heavy (non-hydrogen) atoms. The van der Waals surface area contributed by atoms with Crippen molar-refractivity contribution in [1.29, 1.82) is 0 Å². The number of piperidine rings is 1. The number of ketones is 1. The third kappa shape index (κ3) is 5.40. The van der Waals surface area contributed by atoms with E-state index in [0.717, 1.165) is 17.2 Å². The average molecular weight is 568 g/mol. The number of H-pyrrole nitrogens is 1. The van der Waals surface area contributed by atoms with Crippen molar-refractivity contribution in [2.75, 3.05) is 24.5 Å². The van der Waals surface area contributed by atoms with E-state index in [1.54, 1.807) is 24.4 Å². The highest BCUT2D eigenvalue weighted by molar-refractivity contribution is 7.99. The Morgan fingerprint density at radius 3 is 2.74 bits per heavy atom.